The number of carbonyl (C=O) groups excluding carboxylic acids is 2. The molecular formula is C30H36N2O2. The first-order valence-corrected chi connectivity index (χ1v) is 13.2. The van der Waals surface area contributed by atoms with E-state index in [9.17, 15) is 9.59 Å². The van der Waals surface area contributed by atoms with Crippen LogP contribution in [0.4, 0.5) is 0 Å². The summed E-state index contributed by atoms with van der Waals surface area (Å²) < 4.78 is 0. The van der Waals surface area contributed by atoms with Crippen LogP contribution in [0.2, 0.25) is 0 Å². The van der Waals surface area contributed by atoms with Crippen LogP contribution in [-0.4, -0.2) is 34.7 Å². The number of hydrogen-bond donors (Lipinski definition) is 0. The minimum absolute atomic E-state index is 0.199. The van der Waals surface area contributed by atoms with Crippen molar-refractivity contribution in [1.29, 1.82) is 0 Å². The molecule has 0 saturated heterocycles. The Morgan fingerprint density at radius 1 is 0.647 bits per heavy atom. The molecule has 0 heterocycles. The van der Waals surface area contributed by atoms with Gasteiger partial charge in [-0.3, -0.25) is 9.59 Å². The summed E-state index contributed by atoms with van der Waals surface area (Å²) >= 11 is 0. The fourth-order valence-electron chi connectivity index (χ4n) is 6.58. The Morgan fingerprint density at radius 2 is 1.03 bits per heavy atom. The molecule has 2 aromatic carbocycles. The van der Waals surface area contributed by atoms with E-state index >= 15 is 0 Å². The molecule has 2 atom stereocenters. The van der Waals surface area contributed by atoms with Crippen molar-refractivity contribution in [2.24, 2.45) is 22.7 Å². The maximum Gasteiger partial charge on any atom is 0.226 e. The molecule has 4 fully saturated rings. The largest absolute Gasteiger partial charge is 0.336 e. The minimum Gasteiger partial charge on any atom is -0.336 e. The third kappa shape index (κ3) is 4.06. The summed E-state index contributed by atoms with van der Waals surface area (Å²) in [6, 6.07) is 20.6. The average Bonchev–Trinajstić information content (AvgIpc) is 3.72. The highest BCUT2D eigenvalue weighted by molar-refractivity contribution is 5.84. The van der Waals surface area contributed by atoms with E-state index in [-0.39, 0.29) is 11.8 Å². The van der Waals surface area contributed by atoms with Gasteiger partial charge in [0.15, 0.2) is 0 Å². The fraction of sp³-hybridized carbons (Fsp3) is 0.533. The van der Waals surface area contributed by atoms with Crippen LogP contribution < -0.4 is 0 Å². The van der Waals surface area contributed by atoms with E-state index in [4.69, 9.17) is 0 Å². The Morgan fingerprint density at radius 3 is 1.32 bits per heavy atom. The predicted molar refractivity (Wildman–Crippen MR) is 132 cm³/mol. The highest BCUT2D eigenvalue weighted by atomic mass is 16.2. The van der Waals surface area contributed by atoms with Crippen LogP contribution in [-0.2, 0) is 22.7 Å². The van der Waals surface area contributed by atoms with Crippen LogP contribution in [0.5, 0.6) is 0 Å². The summed E-state index contributed by atoms with van der Waals surface area (Å²) in [6.07, 6.45) is 9.52. The molecule has 4 aliphatic rings. The molecule has 2 aromatic rings. The first-order valence-electron chi connectivity index (χ1n) is 13.2. The summed E-state index contributed by atoms with van der Waals surface area (Å²) in [7, 11) is 0. The normalized spacial score (nSPS) is 24.7. The van der Waals surface area contributed by atoms with Crippen LogP contribution in [0.3, 0.4) is 0 Å². The molecule has 2 spiro atoms. The van der Waals surface area contributed by atoms with Crippen molar-refractivity contribution in [2.45, 2.75) is 64.5 Å². The summed E-state index contributed by atoms with van der Waals surface area (Å²) in [5.41, 5.74) is 2.96. The summed E-state index contributed by atoms with van der Waals surface area (Å²) in [4.78, 5) is 31.3. The van der Waals surface area contributed by atoms with Gasteiger partial charge in [-0.1, -0.05) is 73.5 Å². The maximum atomic E-state index is 13.6. The number of amides is 2. The Hall–Kier alpha value is -2.62. The van der Waals surface area contributed by atoms with Gasteiger partial charge >= 0.3 is 0 Å². The first-order chi connectivity index (χ1) is 16.6. The van der Waals surface area contributed by atoms with E-state index < -0.39 is 0 Å². The van der Waals surface area contributed by atoms with Gasteiger partial charge in [-0.05, 0) is 60.5 Å². The first kappa shape index (κ1) is 21.9. The van der Waals surface area contributed by atoms with E-state index in [2.05, 4.69) is 24.3 Å². The molecule has 0 N–H and O–H groups in total. The van der Waals surface area contributed by atoms with Crippen LogP contribution in [0.25, 0.3) is 0 Å². The lowest BCUT2D eigenvalue weighted by molar-refractivity contribution is -0.139. The molecule has 0 aliphatic heterocycles. The van der Waals surface area contributed by atoms with Crippen molar-refractivity contribution < 1.29 is 9.59 Å². The monoisotopic (exact) mass is 456 g/mol. The minimum atomic E-state index is 0.199. The van der Waals surface area contributed by atoms with Gasteiger partial charge in [-0.2, -0.15) is 0 Å². The third-order valence-electron chi connectivity index (χ3n) is 9.37. The van der Waals surface area contributed by atoms with Gasteiger partial charge in [-0.25, -0.2) is 0 Å². The lowest BCUT2D eigenvalue weighted by atomic mass is 9.79. The molecule has 4 saturated carbocycles. The molecule has 0 radical (unpaired) electrons. The Labute approximate surface area is 203 Å². The van der Waals surface area contributed by atoms with E-state index in [0.717, 1.165) is 24.0 Å². The molecular weight excluding hydrogens is 420 g/mol. The second-order valence-corrected chi connectivity index (χ2v) is 11.4. The van der Waals surface area contributed by atoms with Crippen molar-refractivity contribution in [3.8, 4) is 0 Å². The molecule has 6 rings (SSSR count). The second kappa shape index (κ2) is 8.55. The summed E-state index contributed by atoms with van der Waals surface area (Å²) in [5.74, 6) is 1.00. The van der Waals surface area contributed by atoms with Crippen molar-refractivity contribution in [2.75, 3.05) is 13.1 Å². The average molecular weight is 457 g/mol. The zero-order chi connectivity index (χ0) is 23.2. The lowest BCUT2D eigenvalue weighted by Gasteiger charge is -2.32. The molecule has 4 nitrogen and oxygen atoms in total. The SMILES string of the molecule is O=C([C@H]1CC12CCC2)N(CCN(Cc1ccccc1)C(=O)[C@@H]1CC12CCC2)Cc1ccccc1. The Balaban J connectivity index is 1.17. The van der Waals surface area contributed by atoms with Crippen LogP contribution >= 0.6 is 0 Å². The molecule has 178 valence electrons. The molecule has 34 heavy (non-hydrogen) atoms. The van der Waals surface area contributed by atoms with Crippen LogP contribution in [0, 0.1) is 22.7 Å². The van der Waals surface area contributed by atoms with Crippen molar-refractivity contribution in [3.05, 3.63) is 71.8 Å². The van der Waals surface area contributed by atoms with E-state index in [1.165, 1.54) is 38.5 Å². The molecule has 0 unspecified atom stereocenters. The van der Waals surface area contributed by atoms with E-state index in [0.29, 0.717) is 48.8 Å². The highest BCUT2D eigenvalue weighted by Crippen LogP contribution is 2.66. The summed E-state index contributed by atoms with van der Waals surface area (Å²) in [6.45, 7) is 2.48. The maximum absolute atomic E-state index is 13.6. The number of hydrogen-bond acceptors (Lipinski definition) is 2. The van der Waals surface area contributed by atoms with Crippen molar-refractivity contribution >= 4 is 11.8 Å². The van der Waals surface area contributed by atoms with Gasteiger partial charge in [-0.15, -0.1) is 0 Å². The Bertz CT molecular complexity index is 956. The van der Waals surface area contributed by atoms with Gasteiger partial charge in [0.2, 0.25) is 11.8 Å². The zero-order valence-electron chi connectivity index (χ0n) is 20.1. The lowest BCUT2D eigenvalue weighted by Crippen LogP contribution is -2.43. The quantitative estimate of drug-likeness (QED) is 0.505. The van der Waals surface area contributed by atoms with Gasteiger partial charge in [0.05, 0.1) is 0 Å². The number of carbonyl (C=O) groups is 2. The number of nitrogens with zero attached hydrogens (tertiary/aromatic N) is 2. The van der Waals surface area contributed by atoms with Gasteiger partial charge in [0.25, 0.3) is 0 Å². The molecule has 0 aromatic heterocycles. The molecule has 0 bridgehead atoms. The molecule has 4 heteroatoms. The summed E-state index contributed by atoms with van der Waals surface area (Å²) in [5, 5.41) is 0. The molecule has 4 aliphatic carbocycles. The number of benzene rings is 2. The fourth-order valence-corrected chi connectivity index (χ4v) is 6.58. The zero-order valence-corrected chi connectivity index (χ0v) is 20.1. The topological polar surface area (TPSA) is 40.6 Å². The van der Waals surface area contributed by atoms with Crippen LogP contribution in [0.15, 0.2) is 60.7 Å². The van der Waals surface area contributed by atoms with Crippen LogP contribution in [0.1, 0.15) is 62.5 Å². The number of rotatable bonds is 9. The van der Waals surface area contributed by atoms with Crippen molar-refractivity contribution in [1.82, 2.24) is 9.80 Å². The molecule has 2 amide bonds. The highest BCUT2D eigenvalue weighted by Gasteiger charge is 2.62. The van der Waals surface area contributed by atoms with Crippen molar-refractivity contribution in [3.63, 3.8) is 0 Å². The third-order valence-corrected chi connectivity index (χ3v) is 9.37. The van der Waals surface area contributed by atoms with Gasteiger partial charge < -0.3 is 9.80 Å². The van der Waals surface area contributed by atoms with E-state index in [1.807, 2.05) is 46.2 Å². The smallest absolute Gasteiger partial charge is 0.226 e. The van der Waals surface area contributed by atoms with Gasteiger partial charge in [0.1, 0.15) is 0 Å². The predicted octanol–water partition coefficient (Wildman–Crippen LogP) is 5.42. The second-order valence-electron chi connectivity index (χ2n) is 11.4. The van der Waals surface area contributed by atoms with E-state index in [1.54, 1.807) is 0 Å². The Kier molecular flexibility index (Phi) is 5.50. The van der Waals surface area contributed by atoms with Gasteiger partial charge in [0, 0.05) is 38.0 Å². The standard InChI is InChI=1S/C30H36N2O2/c33-27(25-19-29(25)13-7-14-29)31(21-23-9-3-1-4-10-23)17-18-32(22-24-11-5-2-6-12-24)28(34)26-20-30(26)15-8-16-30/h1-6,9-12,25-26H,7-8,13-22H2/t25-,26+.